The van der Waals surface area contributed by atoms with Crippen molar-refractivity contribution < 1.29 is 19.1 Å². The number of rotatable bonds is 7. The molecule has 0 saturated carbocycles. The first-order chi connectivity index (χ1) is 6.96. The lowest BCUT2D eigenvalue weighted by atomic mass is 9.99. The van der Waals surface area contributed by atoms with E-state index in [4.69, 9.17) is 9.47 Å². The Kier molecular flexibility index (Phi) is 6.17. The molecule has 0 aliphatic heterocycles. The summed E-state index contributed by atoms with van der Waals surface area (Å²) in [5.74, 6) is -0.516. The average Bonchev–Trinajstić information content (AvgIpc) is 2.17. The predicted octanol–water partition coefficient (Wildman–Crippen LogP) is 1.71. The number of Topliss-reactive ketones (excluding diaryl/α,β-unsaturated/α-hetero) is 1. The molecule has 0 saturated heterocycles. The van der Waals surface area contributed by atoms with Crippen LogP contribution in [0.3, 0.4) is 0 Å². The van der Waals surface area contributed by atoms with Gasteiger partial charge in [-0.15, -0.1) is 0 Å². The predicted molar refractivity (Wildman–Crippen MR) is 56.6 cm³/mol. The fraction of sp³-hybridized carbons (Fsp3) is 0.818. The molecule has 0 N–H and O–H groups in total. The first-order valence-corrected chi connectivity index (χ1v) is 5.27. The Morgan fingerprint density at radius 1 is 1.27 bits per heavy atom. The molecule has 0 rings (SSSR count). The van der Waals surface area contributed by atoms with Crippen LogP contribution in [0.15, 0.2) is 0 Å². The highest BCUT2D eigenvalue weighted by atomic mass is 16.6. The quantitative estimate of drug-likeness (QED) is 0.480. The molecule has 88 valence electrons. The van der Waals surface area contributed by atoms with Gasteiger partial charge in [0.25, 0.3) is 0 Å². The Hall–Kier alpha value is -0.900. The molecule has 0 bridgehead atoms. The van der Waals surface area contributed by atoms with Crippen molar-refractivity contribution in [3.8, 4) is 0 Å². The van der Waals surface area contributed by atoms with Gasteiger partial charge >= 0.3 is 5.97 Å². The van der Waals surface area contributed by atoms with Crippen LogP contribution in [0.4, 0.5) is 0 Å². The lowest BCUT2D eigenvalue weighted by molar-refractivity contribution is -0.166. The molecular weight excluding hydrogens is 196 g/mol. The van der Waals surface area contributed by atoms with Crippen LogP contribution in [0.1, 0.15) is 40.5 Å². The van der Waals surface area contributed by atoms with E-state index in [2.05, 4.69) is 0 Å². The van der Waals surface area contributed by atoms with Crippen LogP contribution in [-0.4, -0.2) is 30.6 Å². The highest BCUT2D eigenvalue weighted by Gasteiger charge is 2.31. The van der Waals surface area contributed by atoms with Crippen LogP contribution >= 0.6 is 0 Å². The molecule has 0 aliphatic carbocycles. The van der Waals surface area contributed by atoms with E-state index < -0.39 is 5.60 Å². The standard InChI is InChI=1S/C11H20O4/c1-5-11(4,9(3)12)15-10(13)7-8-14-6-2/h5-8H2,1-4H3. The zero-order valence-electron chi connectivity index (χ0n) is 9.96. The molecule has 0 heterocycles. The largest absolute Gasteiger partial charge is 0.451 e. The van der Waals surface area contributed by atoms with Crippen molar-refractivity contribution in [2.24, 2.45) is 0 Å². The number of carbonyl (C=O) groups excluding carboxylic acids is 2. The monoisotopic (exact) mass is 216 g/mol. The fourth-order valence-corrected chi connectivity index (χ4v) is 0.995. The Bertz CT molecular complexity index is 225. The van der Waals surface area contributed by atoms with Gasteiger partial charge in [-0.2, -0.15) is 0 Å². The van der Waals surface area contributed by atoms with Crippen molar-refractivity contribution in [2.75, 3.05) is 13.2 Å². The topological polar surface area (TPSA) is 52.6 Å². The van der Waals surface area contributed by atoms with Crippen LogP contribution in [0.5, 0.6) is 0 Å². The van der Waals surface area contributed by atoms with E-state index in [1.54, 1.807) is 6.92 Å². The summed E-state index contributed by atoms with van der Waals surface area (Å²) in [6.07, 6.45) is 0.680. The number of ether oxygens (including phenoxy) is 2. The molecular formula is C11H20O4. The minimum absolute atomic E-state index is 0.130. The van der Waals surface area contributed by atoms with Gasteiger partial charge in [-0.3, -0.25) is 9.59 Å². The van der Waals surface area contributed by atoms with Crippen LogP contribution < -0.4 is 0 Å². The van der Waals surface area contributed by atoms with Gasteiger partial charge in [0.2, 0.25) is 0 Å². The first kappa shape index (κ1) is 14.1. The minimum Gasteiger partial charge on any atom is -0.451 e. The maximum atomic E-state index is 11.3. The van der Waals surface area contributed by atoms with Gasteiger partial charge in [0.1, 0.15) is 0 Å². The number of esters is 1. The Morgan fingerprint density at radius 3 is 2.27 bits per heavy atom. The van der Waals surface area contributed by atoms with Crippen LogP contribution in [0.25, 0.3) is 0 Å². The molecule has 1 unspecified atom stereocenters. The summed E-state index contributed by atoms with van der Waals surface area (Å²) in [4.78, 5) is 22.6. The third-order valence-electron chi connectivity index (χ3n) is 2.41. The highest BCUT2D eigenvalue weighted by molar-refractivity contribution is 5.87. The van der Waals surface area contributed by atoms with Crippen molar-refractivity contribution in [3.63, 3.8) is 0 Å². The van der Waals surface area contributed by atoms with Crippen LogP contribution in [-0.2, 0) is 19.1 Å². The number of carbonyl (C=O) groups is 2. The van der Waals surface area contributed by atoms with Gasteiger partial charge < -0.3 is 9.47 Å². The molecule has 0 aromatic rings. The van der Waals surface area contributed by atoms with E-state index in [0.717, 1.165) is 0 Å². The van der Waals surface area contributed by atoms with Gasteiger partial charge in [0.05, 0.1) is 13.0 Å². The summed E-state index contributed by atoms with van der Waals surface area (Å²) in [5.41, 5.74) is -0.983. The molecule has 0 radical (unpaired) electrons. The zero-order chi connectivity index (χ0) is 11.9. The van der Waals surface area contributed by atoms with Gasteiger partial charge in [-0.1, -0.05) is 6.92 Å². The molecule has 1 atom stereocenters. The maximum absolute atomic E-state index is 11.3. The summed E-state index contributed by atoms with van der Waals surface area (Å²) >= 11 is 0. The van der Waals surface area contributed by atoms with Gasteiger partial charge in [-0.25, -0.2) is 0 Å². The van der Waals surface area contributed by atoms with E-state index >= 15 is 0 Å². The Balaban J connectivity index is 4.08. The molecule has 15 heavy (non-hydrogen) atoms. The normalized spacial score (nSPS) is 14.4. The maximum Gasteiger partial charge on any atom is 0.309 e. The molecule has 0 aliphatic rings. The van der Waals surface area contributed by atoms with Gasteiger partial charge in [0.15, 0.2) is 11.4 Å². The third kappa shape index (κ3) is 4.93. The van der Waals surface area contributed by atoms with Crippen molar-refractivity contribution in [1.29, 1.82) is 0 Å². The summed E-state index contributed by atoms with van der Waals surface area (Å²) in [6.45, 7) is 7.65. The molecule has 4 nitrogen and oxygen atoms in total. The minimum atomic E-state index is -0.983. The second kappa shape index (κ2) is 6.56. The molecule has 4 heteroatoms. The molecule has 0 aromatic carbocycles. The summed E-state index contributed by atoms with van der Waals surface area (Å²) < 4.78 is 10.2. The van der Waals surface area contributed by atoms with E-state index in [9.17, 15) is 9.59 Å². The molecule has 0 amide bonds. The Morgan fingerprint density at radius 2 is 1.87 bits per heavy atom. The summed E-state index contributed by atoms with van der Waals surface area (Å²) in [5, 5.41) is 0. The third-order valence-corrected chi connectivity index (χ3v) is 2.41. The molecule has 0 fully saturated rings. The van der Waals surface area contributed by atoms with Crippen LogP contribution in [0, 0.1) is 0 Å². The van der Waals surface area contributed by atoms with E-state index in [-0.39, 0.29) is 18.2 Å². The number of ketones is 1. The van der Waals surface area contributed by atoms with Crippen molar-refractivity contribution in [2.45, 2.75) is 46.1 Å². The molecule has 0 aromatic heterocycles. The number of hydrogen-bond acceptors (Lipinski definition) is 4. The number of hydrogen-bond donors (Lipinski definition) is 0. The van der Waals surface area contributed by atoms with Gasteiger partial charge in [-0.05, 0) is 27.2 Å². The van der Waals surface area contributed by atoms with Crippen molar-refractivity contribution in [1.82, 2.24) is 0 Å². The lowest BCUT2D eigenvalue weighted by Gasteiger charge is -2.25. The summed E-state index contributed by atoms with van der Waals surface area (Å²) in [6, 6.07) is 0. The zero-order valence-corrected chi connectivity index (χ0v) is 9.96. The SMILES string of the molecule is CCOCCC(=O)OC(C)(CC)C(C)=O. The lowest BCUT2D eigenvalue weighted by Crippen LogP contribution is -2.38. The van der Waals surface area contributed by atoms with E-state index in [1.807, 2.05) is 13.8 Å². The first-order valence-electron chi connectivity index (χ1n) is 5.27. The van der Waals surface area contributed by atoms with Crippen LogP contribution in [0.2, 0.25) is 0 Å². The highest BCUT2D eigenvalue weighted by Crippen LogP contribution is 2.17. The van der Waals surface area contributed by atoms with Crippen molar-refractivity contribution >= 4 is 11.8 Å². The fourth-order valence-electron chi connectivity index (χ4n) is 0.995. The van der Waals surface area contributed by atoms with E-state index in [0.29, 0.717) is 19.6 Å². The Labute approximate surface area is 90.9 Å². The van der Waals surface area contributed by atoms with Crippen molar-refractivity contribution in [3.05, 3.63) is 0 Å². The molecule has 0 spiro atoms. The average molecular weight is 216 g/mol. The second-order valence-corrected chi connectivity index (χ2v) is 3.56. The summed E-state index contributed by atoms with van der Waals surface area (Å²) in [7, 11) is 0. The smallest absolute Gasteiger partial charge is 0.309 e. The van der Waals surface area contributed by atoms with E-state index in [1.165, 1.54) is 6.92 Å². The second-order valence-electron chi connectivity index (χ2n) is 3.56. The van der Waals surface area contributed by atoms with Gasteiger partial charge in [0, 0.05) is 6.61 Å².